The summed E-state index contributed by atoms with van der Waals surface area (Å²) in [5, 5.41) is 14.4. The van der Waals surface area contributed by atoms with Crippen LogP contribution in [0.3, 0.4) is 0 Å². The summed E-state index contributed by atoms with van der Waals surface area (Å²) in [7, 11) is -3.43. The molecule has 0 unspecified atom stereocenters. The highest BCUT2D eigenvalue weighted by molar-refractivity contribution is 7.92. The van der Waals surface area contributed by atoms with Crippen LogP contribution in [0.5, 0.6) is 0 Å². The molecule has 0 bridgehead atoms. The van der Waals surface area contributed by atoms with Gasteiger partial charge in [0.05, 0.1) is 18.4 Å². The zero-order valence-electron chi connectivity index (χ0n) is 16.7. The third-order valence-corrected chi connectivity index (χ3v) is 4.91. The van der Waals surface area contributed by atoms with Crippen LogP contribution in [0.15, 0.2) is 59.9 Å². The van der Waals surface area contributed by atoms with Gasteiger partial charge in [-0.1, -0.05) is 42.4 Å². The van der Waals surface area contributed by atoms with Crippen molar-refractivity contribution in [2.24, 2.45) is 5.16 Å². The van der Waals surface area contributed by atoms with Crippen LogP contribution in [0, 0.1) is 0 Å². The molecule has 0 saturated heterocycles. The first kappa shape index (κ1) is 21.4. The van der Waals surface area contributed by atoms with Crippen LogP contribution in [0.2, 0.25) is 0 Å². The number of hydrogen-bond donors (Lipinski definition) is 2. The maximum atomic E-state index is 11.6. The summed E-state index contributed by atoms with van der Waals surface area (Å²) < 4.78 is 27.4. The standard InChI is InChI=1S/C21H23N3O5S/c1-3-11-29-22-19(15-7-6-8-16(12-15)23-30(2,27)28)14-24-13-18(21(25)26)17-9-4-5-10-20(17)24/h4-10,12-13,23H,3,11,14H2,1-2H3,(H,25,26)/b22-19+. The molecule has 0 fully saturated rings. The van der Waals surface area contributed by atoms with Crippen molar-refractivity contribution in [1.29, 1.82) is 0 Å². The molecule has 158 valence electrons. The van der Waals surface area contributed by atoms with Gasteiger partial charge in [0.1, 0.15) is 12.3 Å². The number of fused-ring (bicyclic) bond motifs is 1. The number of aromatic nitrogens is 1. The lowest BCUT2D eigenvalue weighted by molar-refractivity contribution is 0.0699. The summed E-state index contributed by atoms with van der Waals surface area (Å²) in [6.07, 6.45) is 3.43. The molecule has 0 amide bonds. The van der Waals surface area contributed by atoms with Crippen LogP contribution in [0.4, 0.5) is 5.69 Å². The zero-order valence-corrected chi connectivity index (χ0v) is 17.5. The summed E-state index contributed by atoms with van der Waals surface area (Å²) >= 11 is 0. The smallest absolute Gasteiger partial charge is 0.337 e. The molecule has 3 rings (SSSR count). The highest BCUT2D eigenvalue weighted by Crippen LogP contribution is 2.23. The average Bonchev–Trinajstić information content (AvgIpc) is 3.05. The minimum absolute atomic E-state index is 0.201. The van der Waals surface area contributed by atoms with Crippen molar-refractivity contribution in [1.82, 2.24) is 4.57 Å². The number of nitrogens with one attached hydrogen (secondary N) is 1. The first-order chi connectivity index (χ1) is 14.3. The number of sulfonamides is 1. The number of oxime groups is 1. The maximum Gasteiger partial charge on any atom is 0.337 e. The Bertz CT molecular complexity index is 1200. The SMILES string of the molecule is CCCO/N=C(\Cn1cc(C(=O)O)c2ccccc21)c1cccc(NS(C)(=O)=O)c1. The lowest BCUT2D eigenvalue weighted by Gasteiger charge is -2.11. The van der Waals surface area contributed by atoms with Crippen LogP contribution in [-0.2, 0) is 21.4 Å². The highest BCUT2D eigenvalue weighted by atomic mass is 32.2. The molecule has 1 aromatic heterocycles. The largest absolute Gasteiger partial charge is 0.478 e. The number of benzene rings is 2. The van der Waals surface area contributed by atoms with Crippen molar-refractivity contribution in [3.63, 3.8) is 0 Å². The van der Waals surface area contributed by atoms with Crippen molar-refractivity contribution in [2.45, 2.75) is 19.9 Å². The Morgan fingerprint density at radius 1 is 1.20 bits per heavy atom. The number of nitrogens with zero attached hydrogens (tertiary/aromatic N) is 2. The second-order valence-electron chi connectivity index (χ2n) is 6.82. The molecule has 0 aliphatic heterocycles. The molecular formula is C21H23N3O5S. The van der Waals surface area contributed by atoms with Gasteiger partial charge in [0.2, 0.25) is 10.0 Å². The molecule has 0 aliphatic carbocycles. The summed E-state index contributed by atoms with van der Waals surface area (Å²) in [5.74, 6) is -1.01. The molecule has 0 spiro atoms. The van der Waals surface area contributed by atoms with Crippen molar-refractivity contribution < 1.29 is 23.2 Å². The quantitative estimate of drug-likeness (QED) is 0.307. The second kappa shape index (κ2) is 9.00. The van der Waals surface area contributed by atoms with Gasteiger partial charge in [-0.15, -0.1) is 0 Å². The van der Waals surface area contributed by atoms with E-state index in [1.807, 2.05) is 19.1 Å². The minimum atomic E-state index is -3.43. The molecule has 0 radical (unpaired) electrons. The molecule has 3 aromatic rings. The molecule has 9 heteroatoms. The van der Waals surface area contributed by atoms with E-state index in [1.165, 1.54) is 0 Å². The number of aromatic carboxylic acids is 1. The van der Waals surface area contributed by atoms with E-state index in [0.717, 1.165) is 18.2 Å². The van der Waals surface area contributed by atoms with E-state index in [-0.39, 0.29) is 12.1 Å². The van der Waals surface area contributed by atoms with Crippen molar-refractivity contribution >= 4 is 38.3 Å². The number of anilines is 1. The van der Waals surface area contributed by atoms with E-state index in [2.05, 4.69) is 9.88 Å². The van der Waals surface area contributed by atoms with Gasteiger partial charge in [0.15, 0.2) is 0 Å². The van der Waals surface area contributed by atoms with E-state index in [0.29, 0.717) is 29.0 Å². The molecule has 2 N–H and O–H groups in total. The fourth-order valence-corrected chi connectivity index (χ4v) is 3.63. The molecule has 30 heavy (non-hydrogen) atoms. The number of carboxylic acid groups (broad SMARTS) is 1. The molecule has 1 heterocycles. The van der Waals surface area contributed by atoms with Gasteiger partial charge in [0, 0.05) is 28.4 Å². The number of carboxylic acids is 1. The third-order valence-electron chi connectivity index (χ3n) is 4.31. The van der Waals surface area contributed by atoms with E-state index in [4.69, 9.17) is 4.84 Å². The fraction of sp³-hybridized carbons (Fsp3) is 0.238. The van der Waals surface area contributed by atoms with Gasteiger partial charge in [-0.2, -0.15) is 0 Å². The Kier molecular flexibility index (Phi) is 6.41. The molecule has 0 atom stereocenters. The number of rotatable bonds is 9. The van der Waals surface area contributed by atoms with Gasteiger partial charge in [0.25, 0.3) is 0 Å². The van der Waals surface area contributed by atoms with Gasteiger partial charge in [-0.25, -0.2) is 13.2 Å². The van der Waals surface area contributed by atoms with E-state index in [9.17, 15) is 18.3 Å². The molecule has 8 nitrogen and oxygen atoms in total. The molecule has 2 aromatic carbocycles. The van der Waals surface area contributed by atoms with Gasteiger partial charge >= 0.3 is 5.97 Å². The van der Waals surface area contributed by atoms with Crippen molar-refractivity contribution in [3.8, 4) is 0 Å². The minimum Gasteiger partial charge on any atom is -0.478 e. The Morgan fingerprint density at radius 3 is 2.67 bits per heavy atom. The Hall–Kier alpha value is -3.33. The first-order valence-electron chi connectivity index (χ1n) is 9.36. The molecule has 0 saturated carbocycles. The average molecular weight is 429 g/mol. The Morgan fingerprint density at radius 2 is 1.97 bits per heavy atom. The third kappa shape index (κ3) is 5.18. The molecule has 0 aliphatic rings. The summed E-state index contributed by atoms with van der Waals surface area (Å²) in [4.78, 5) is 17.0. The predicted octanol–water partition coefficient (Wildman–Crippen LogP) is 3.54. The van der Waals surface area contributed by atoms with Crippen molar-refractivity contribution in [3.05, 3.63) is 65.9 Å². The van der Waals surface area contributed by atoms with Gasteiger partial charge < -0.3 is 14.5 Å². The fourth-order valence-electron chi connectivity index (χ4n) is 3.07. The molecular weight excluding hydrogens is 406 g/mol. The normalized spacial score (nSPS) is 12.1. The van der Waals surface area contributed by atoms with E-state index < -0.39 is 16.0 Å². The van der Waals surface area contributed by atoms with Crippen molar-refractivity contribution in [2.75, 3.05) is 17.6 Å². The van der Waals surface area contributed by atoms with E-state index >= 15 is 0 Å². The Balaban J connectivity index is 2.03. The maximum absolute atomic E-state index is 11.6. The topological polar surface area (TPSA) is 110 Å². The van der Waals surface area contributed by atoms with E-state index in [1.54, 1.807) is 47.2 Å². The van der Waals surface area contributed by atoms with Crippen LogP contribution in [-0.4, -0.2) is 42.6 Å². The lowest BCUT2D eigenvalue weighted by atomic mass is 10.1. The second-order valence-corrected chi connectivity index (χ2v) is 8.57. The van der Waals surface area contributed by atoms with Crippen LogP contribution in [0.25, 0.3) is 10.9 Å². The van der Waals surface area contributed by atoms with Crippen LogP contribution in [0.1, 0.15) is 29.3 Å². The highest BCUT2D eigenvalue weighted by Gasteiger charge is 2.16. The monoisotopic (exact) mass is 429 g/mol. The first-order valence-corrected chi connectivity index (χ1v) is 11.3. The van der Waals surface area contributed by atoms with Crippen LogP contribution >= 0.6 is 0 Å². The summed E-state index contributed by atoms with van der Waals surface area (Å²) in [5.41, 5.74) is 2.56. The zero-order chi connectivity index (χ0) is 21.7. The number of carbonyl (C=O) groups is 1. The van der Waals surface area contributed by atoms with Gasteiger partial charge in [-0.05, 0) is 24.6 Å². The Labute approximate surface area is 174 Å². The number of hydrogen-bond acceptors (Lipinski definition) is 5. The van der Waals surface area contributed by atoms with Gasteiger partial charge in [-0.3, -0.25) is 4.72 Å². The lowest BCUT2D eigenvalue weighted by Crippen LogP contribution is -2.14. The number of para-hydroxylation sites is 1. The summed E-state index contributed by atoms with van der Waals surface area (Å²) in [6, 6.07) is 14.1. The predicted molar refractivity (Wildman–Crippen MR) is 117 cm³/mol. The van der Waals surface area contributed by atoms with Crippen LogP contribution < -0.4 is 4.72 Å². The summed E-state index contributed by atoms with van der Waals surface area (Å²) in [6.45, 7) is 2.64.